The van der Waals surface area contributed by atoms with E-state index < -0.39 is 12.3 Å². The highest BCUT2D eigenvalue weighted by Gasteiger charge is 2.38. The molecule has 2 rings (SSSR count). The third kappa shape index (κ3) is 2.06. The van der Waals surface area contributed by atoms with E-state index in [1.165, 1.54) is 7.11 Å². The Morgan fingerprint density at radius 2 is 2.50 bits per heavy atom. The molecule has 0 spiro atoms. The van der Waals surface area contributed by atoms with E-state index in [9.17, 15) is 4.39 Å². The van der Waals surface area contributed by atoms with E-state index >= 15 is 0 Å². The molecule has 1 aromatic rings. The van der Waals surface area contributed by atoms with Crippen molar-refractivity contribution in [3.8, 4) is 5.88 Å². The molecule has 88 valence electrons. The first-order valence-electron chi connectivity index (χ1n) is 5.09. The summed E-state index contributed by atoms with van der Waals surface area (Å²) in [7, 11) is 1.52. The maximum Gasteiger partial charge on any atom is 0.228 e. The zero-order valence-corrected chi connectivity index (χ0v) is 9.06. The van der Waals surface area contributed by atoms with E-state index in [0.29, 0.717) is 24.8 Å². The van der Waals surface area contributed by atoms with Crippen molar-refractivity contribution in [3.05, 3.63) is 12.3 Å². The minimum absolute atomic E-state index is 0.122. The predicted molar refractivity (Wildman–Crippen MR) is 56.3 cm³/mol. The zero-order valence-electron chi connectivity index (χ0n) is 9.06. The van der Waals surface area contributed by atoms with Crippen LogP contribution in [0.4, 0.5) is 10.3 Å². The molecule has 16 heavy (non-hydrogen) atoms. The molecular formula is C10H14FN3O2. The van der Waals surface area contributed by atoms with Gasteiger partial charge in [-0.15, -0.1) is 0 Å². The van der Waals surface area contributed by atoms with Crippen molar-refractivity contribution in [1.82, 2.24) is 9.97 Å². The van der Waals surface area contributed by atoms with Gasteiger partial charge in [-0.1, -0.05) is 0 Å². The van der Waals surface area contributed by atoms with Crippen molar-refractivity contribution < 1.29 is 14.2 Å². The first-order chi connectivity index (χ1) is 7.67. The number of rotatable bonds is 3. The molecule has 0 amide bonds. The van der Waals surface area contributed by atoms with Gasteiger partial charge in [0.25, 0.3) is 0 Å². The molecule has 6 heteroatoms. The van der Waals surface area contributed by atoms with Crippen molar-refractivity contribution in [2.75, 3.05) is 31.7 Å². The molecule has 1 saturated heterocycles. The smallest absolute Gasteiger partial charge is 0.228 e. The summed E-state index contributed by atoms with van der Waals surface area (Å²) in [6.07, 6.45) is 1.86. The molecule has 0 aliphatic carbocycles. The van der Waals surface area contributed by atoms with Gasteiger partial charge in [0.05, 0.1) is 20.3 Å². The minimum Gasteiger partial charge on any atom is -0.481 e. The average molecular weight is 227 g/mol. The second-order valence-electron chi connectivity index (χ2n) is 3.88. The van der Waals surface area contributed by atoms with Crippen LogP contribution in [0, 0.1) is 0 Å². The van der Waals surface area contributed by atoms with Gasteiger partial charge >= 0.3 is 0 Å². The Morgan fingerprint density at radius 3 is 3.12 bits per heavy atom. The van der Waals surface area contributed by atoms with Crippen LogP contribution in [-0.4, -0.2) is 47.5 Å². The summed E-state index contributed by atoms with van der Waals surface area (Å²) in [6, 6.07) is 1.63. The third-order valence-corrected chi connectivity index (χ3v) is 2.70. The SMILES string of the molecule is COc1ccnc(N2CCC(F)(CO)C2)n1. The van der Waals surface area contributed by atoms with Gasteiger partial charge in [-0.3, -0.25) is 0 Å². The molecular weight excluding hydrogens is 213 g/mol. The molecule has 0 saturated carbocycles. The van der Waals surface area contributed by atoms with Gasteiger partial charge in [-0.2, -0.15) is 4.98 Å². The molecule has 1 aliphatic rings. The highest BCUT2D eigenvalue weighted by Crippen LogP contribution is 2.27. The molecule has 1 fully saturated rings. The second kappa shape index (κ2) is 4.21. The second-order valence-corrected chi connectivity index (χ2v) is 3.88. The lowest BCUT2D eigenvalue weighted by atomic mass is 10.1. The van der Waals surface area contributed by atoms with E-state index in [0.717, 1.165) is 0 Å². The monoisotopic (exact) mass is 227 g/mol. The Hall–Kier alpha value is -1.43. The Bertz CT molecular complexity index is 377. The van der Waals surface area contributed by atoms with Gasteiger partial charge in [0, 0.05) is 25.2 Å². The zero-order chi connectivity index (χ0) is 11.6. The van der Waals surface area contributed by atoms with Crippen molar-refractivity contribution in [2.45, 2.75) is 12.1 Å². The Balaban J connectivity index is 2.14. The molecule has 1 atom stereocenters. The standard InChI is InChI=1S/C10H14FN3O2/c1-16-8-2-4-12-9(13-8)14-5-3-10(11,6-14)7-15/h2,4,15H,3,5-7H2,1H3. The quantitative estimate of drug-likeness (QED) is 0.809. The van der Waals surface area contributed by atoms with Crippen LogP contribution >= 0.6 is 0 Å². The number of alkyl halides is 1. The molecule has 2 heterocycles. The van der Waals surface area contributed by atoms with Crippen LogP contribution in [0.25, 0.3) is 0 Å². The summed E-state index contributed by atoms with van der Waals surface area (Å²) in [5.74, 6) is 0.887. The van der Waals surface area contributed by atoms with Gasteiger partial charge < -0.3 is 14.7 Å². The lowest BCUT2D eigenvalue weighted by Gasteiger charge is -2.18. The van der Waals surface area contributed by atoms with Crippen molar-refractivity contribution in [3.63, 3.8) is 0 Å². The van der Waals surface area contributed by atoms with Crippen LogP contribution in [0.3, 0.4) is 0 Å². The molecule has 1 aromatic heterocycles. The fourth-order valence-corrected chi connectivity index (χ4v) is 1.73. The largest absolute Gasteiger partial charge is 0.481 e. The van der Waals surface area contributed by atoms with Crippen molar-refractivity contribution in [1.29, 1.82) is 0 Å². The van der Waals surface area contributed by atoms with Crippen molar-refractivity contribution in [2.24, 2.45) is 0 Å². The van der Waals surface area contributed by atoms with Gasteiger partial charge in [-0.05, 0) is 0 Å². The highest BCUT2D eigenvalue weighted by molar-refractivity contribution is 5.35. The number of ether oxygens (including phenoxy) is 1. The van der Waals surface area contributed by atoms with Gasteiger partial charge in [0.2, 0.25) is 11.8 Å². The molecule has 1 aliphatic heterocycles. The Labute approximate surface area is 92.9 Å². The topological polar surface area (TPSA) is 58.5 Å². The summed E-state index contributed by atoms with van der Waals surface area (Å²) in [5, 5.41) is 8.92. The van der Waals surface area contributed by atoms with Crippen LogP contribution in [0.5, 0.6) is 5.88 Å². The van der Waals surface area contributed by atoms with E-state index in [2.05, 4.69) is 9.97 Å². The molecule has 0 aromatic carbocycles. The first kappa shape index (κ1) is 11.1. The molecule has 0 radical (unpaired) electrons. The van der Waals surface area contributed by atoms with Crippen LogP contribution in [0.15, 0.2) is 12.3 Å². The van der Waals surface area contributed by atoms with Crippen LogP contribution in [0.1, 0.15) is 6.42 Å². The van der Waals surface area contributed by atoms with Crippen LogP contribution in [0.2, 0.25) is 0 Å². The summed E-state index contributed by atoms with van der Waals surface area (Å²) >= 11 is 0. The maximum atomic E-state index is 13.8. The summed E-state index contributed by atoms with van der Waals surface area (Å²) in [6.45, 7) is 0.161. The minimum atomic E-state index is -1.54. The summed E-state index contributed by atoms with van der Waals surface area (Å²) in [4.78, 5) is 9.88. The molecule has 0 bridgehead atoms. The normalized spacial score (nSPS) is 24.8. The predicted octanol–water partition coefficient (Wildman–Crippen LogP) is 0.396. The summed E-state index contributed by atoms with van der Waals surface area (Å²) < 4.78 is 18.8. The van der Waals surface area contributed by atoms with Gasteiger partial charge in [-0.25, -0.2) is 9.37 Å². The fraction of sp³-hybridized carbons (Fsp3) is 0.600. The van der Waals surface area contributed by atoms with E-state index in [1.54, 1.807) is 17.2 Å². The van der Waals surface area contributed by atoms with Gasteiger partial charge in [0.1, 0.15) is 0 Å². The van der Waals surface area contributed by atoms with Crippen LogP contribution < -0.4 is 9.64 Å². The number of aliphatic hydroxyl groups is 1. The highest BCUT2D eigenvalue weighted by atomic mass is 19.1. The molecule has 1 unspecified atom stereocenters. The van der Waals surface area contributed by atoms with Crippen molar-refractivity contribution >= 4 is 5.95 Å². The third-order valence-electron chi connectivity index (χ3n) is 2.70. The summed E-state index contributed by atoms with van der Waals surface area (Å²) in [5.41, 5.74) is -1.54. The fourth-order valence-electron chi connectivity index (χ4n) is 1.73. The average Bonchev–Trinajstić information content (AvgIpc) is 2.73. The lowest BCUT2D eigenvalue weighted by molar-refractivity contribution is 0.0909. The maximum absolute atomic E-state index is 13.8. The molecule has 1 N–H and O–H groups in total. The Morgan fingerprint density at radius 1 is 1.69 bits per heavy atom. The first-order valence-corrected chi connectivity index (χ1v) is 5.09. The van der Waals surface area contributed by atoms with E-state index in [-0.39, 0.29) is 6.54 Å². The lowest BCUT2D eigenvalue weighted by Crippen LogP contribution is -2.33. The number of aliphatic hydroxyl groups excluding tert-OH is 1. The van der Waals surface area contributed by atoms with E-state index in [1.807, 2.05) is 0 Å². The number of aromatic nitrogens is 2. The van der Waals surface area contributed by atoms with Gasteiger partial charge in [0.15, 0.2) is 5.67 Å². The number of nitrogens with zero attached hydrogens (tertiary/aromatic N) is 3. The van der Waals surface area contributed by atoms with E-state index in [4.69, 9.17) is 9.84 Å². The Kier molecular flexibility index (Phi) is 2.91. The number of anilines is 1. The number of halogens is 1. The number of hydrogen-bond acceptors (Lipinski definition) is 5. The number of methoxy groups -OCH3 is 1. The van der Waals surface area contributed by atoms with Crippen LogP contribution in [-0.2, 0) is 0 Å². The molecule has 5 nitrogen and oxygen atoms in total. The number of hydrogen-bond donors (Lipinski definition) is 1.